The molecule has 3 aromatic rings. The van der Waals surface area contributed by atoms with Crippen molar-refractivity contribution in [3.63, 3.8) is 0 Å². The van der Waals surface area contributed by atoms with E-state index in [1.54, 1.807) is 24.5 Å². The molecule has 10 heteroatoms. The molecule has 1 N–H and O–H groups in total. The Labute approximate surface area is 190 Å². The minimum Gasteiger partial charge on any atom is -0.302 e. The molecule has 7 nitrogen and oxygen atoms in total. The van der Waals surface area contributed by atoms with E-state index in [0.29, 0.717) is 36.0 Å². The number of nitrogens with zero attached hydrogens (tertiary/aromatic N) is 3. The van der Waals surface area contributed by atoms with Gasteiger partial charge in [0.2, 0.25) is 15.9 Å². The Hall–Kier alpha value is -2.27. The number of hydrogen-bond donors (Lipinski definition) is 1. The number of thiazole rings is 1. The number of thioether (sulfide) groups is 1. The number of aromatic nitrogens is 2. The van der Waals surface area contributed by atoms with Crippen molar-refractivity contribution in [3.05, 3.63) is 54.2 Å². The molecule has 1 aliphatic rings. The Morgan fingerprint density at radius 1 is 1.16 bits per heavy atom. The third-order valence-electron chi connectivity index (χ3n) is 5.22. The first-order chi connectivity index (χ1) is 15.0. The van der Waals surface area contributed by atoms with Crippen molar-refractivity contribution in [2.75, 3.05) is 24.7 Å². The van der Waals surface area contributed by atoms with E-state index in [-0.39, 0.29) is 11.8 Å². The molecule has 0 unspecified atom stereocenters. The maximum atomic E-state index is 13.1. The highest BCUT2D eigenvalue weighted by molar-refractivity contribution is 7.99. The van der Waals surface area contributed by atoms with Gasteiger partial charge < -0.3 is 5.32 Å². The number of sulfonamides is 1. The van der Waals surface area contributed by atoms with Crippen LogP contribution in [-0.4, -0.2) is 47.9 Å². The highest BCUT2D eigenvalue weighted by atomic mass is 32.2. The van der Waals surface area contributed by atoms with E-state index < -0.39 is 10.0 Å². The van der Waals surface area contributed by atoms with Crippen LogP contribution in [0.25, 0.3) is 11.3 Å². The molecule has 162 valence electrons. The zero-order valence-corrected chi connectivity index (χ0v) is 19.3. The van der Waals surface area contributed by atoms with Crippen LogP contribution in [0.1, 0.15) is 12.8 Å². The van der Waals surface area contributed by atoms with Crippen molar-refractivity contribution in [2.45, 2.75) is 22.6 Å². The summed E-state index contributed by atoms with van der Waals surface area (Å²) in [4.78, 5) is 22.3. The molecular weight excluding hydrogens is 452 g/mol. The number of anilines is 1. The van der Waals surface area contributed by atoms with E-state index in [0.717, 1.165) is 16.2 Å². The fourth-order valence-electron chi connectivity index (χ4n) is 3.52. The van der Waals surface area contributed by atoms with Crippen molar-refractivity contribution in [1.82, 2.24) is 14.3 Å². The molecular formula is C21H22N4O3S3. The lowest BCUT2D eigenvalue weighted by Crippen LogP contribution is -2.41. The van der Waals surface area contributed by atoms with Crippen molar-refractivity contribution in [3.8, 4) is 11.3 Å². The SMILES string of the molecule is CSc1ccccc1S(=O)(=O)N1CCC(C(=O)Nc2nc(-c3ccncc3)cs2)CC1. The molecule has 0 aliphatic carbocycles. The van der Waals surface area contributed by atoms with Gasteiger partial charge in [-0.15, -0.1) is 23.1 Å². The van der Waals surface area contributed by atoms with Crippen LogP contribution in [0.5, 0.6) is 0 Å². The third kappa shape index (κ3) is 4.82. The quantitative estimate of drug-likeness (QED) is 0.544. The number of nitrogens with one attached hydrogen (secondary N) is 1. The lowest BCUT2D eigenvalue weighted by Gasteiger charge is -2.30. The number of amides is 1. The summed E-state index contributed by atoms with van der Waals surface area (Å²) in [6.07, 6.45) is 6.23. The molecule has 0 radical (unpaired) electrons. The predicted octanol–water partition coefficient (Wildman–Crippen LogP) is 3.97. The topological polar surface area (TPSA) is 92.3 Å². The van der Waals surface area contributed by atoms with Crippen molar-refractivity contribution < 1.29 is 13.2 Å². The third-order valence-corrected chi connectivity index (χ3v) is 8.86. The summed E-state index contributed by atoms with van der Waals surface area (Å²) in [6, 6.07) is 10.8. The number of piperidine rings is 1. The van der Waals surface area contributed by atoms with E-state index >= 15 is 0 Å². The zero-order chi connectivity index (χ0) is 21.8. The van der Waals surface area contributed by atoms with Gasteiger partial charge in [-0.3, -0.25) is 9.78 Å². The highest BCUT2D eigenvalue weighted by Crippen LogP contribution is 2.31. The summed E-state index contributed by atoms with van der Waals surface area (Å²) in [5.74, 6) is -0.354. The van der Waals surface area contributed by atoms with Gasteiger partial charge in [-0.1, -0.05) is 12.1 Å². The maximum absolute atomic E-state index is 13.1. The number of carbonyl (C=O) groups is 1. The molecule has 0 bridgehead atoms. The first-order valence-corrected chi connectivity index (χ1v) is 13.3. The molecule has 1 amide bonds. The number of pyridine rings is 1. The molecule has 1 saturated heterocycles. The lowest BCUT2D eigenvalue weighted by molar-refractivity contribution is -0.120. The average molecular weight is 475 g/mol. The molecule has 1 aliphatic heterocycles. The average Bonchev–Trinajstić information content (AvgIpc) is 3.28. The van der Waals surface area contributed by atoms with Crippen LogP contribution in [0.2, 0.25) is 0 Å². The Morgan fingerprint density at radius 2 is 1.87 bits per heavy atom. The lowest BCUT2D eigenvalue weighted by atomic mass is 9.97. The molecule has 0 spiro atoms. The van der Waals surface area contributed by atoms with Gasteiger partial charge in [0.15, 0.2) is 5.13 Å². The second-order valence-electron chi connectivity index (χ2n) is 7.09. The zero-order valence-electron chi connectivity index (χ0n) is 16.9. The largest absolute Gasteiger partial charge is 0.302 e. The molecule has 1 aromatic carbocycles. The summed E-state index contributed by atoms with van der Waals surface area (Å²) < 4.78 is 27.6. The fraction of sp³-hybridized carbons (Fsp3) is 0.286. The second-order valence-corrected chi connectivity index (χ2v) is 10.7. The molecule has 0 saturated carbocycles. The maximum Gasteiger partial charge on any atom is 0.244 e. The van der Waals surface area contributed by atoms with Crippen molar-refractivity contribution in [2.24, 2.45) is 5.92 Å². The standard InChI is InChI=1S/C21H22N4O3S3/c1-29-18-4-2-3-5-19(18)31(27,28)25-12-8-16(9-13-25)20(26)24-21-23-17(14-30-21)15-6-10-22-11-7-15/h2-7,10-11,14,16H,8-9,12-13H2,1H3,(H,23,24,26). The predicted molar refractivity (Wildman–Crippen MR) is 124 cm³/mol. The number of benzene rings is 1. The van der Waals surface area contributed by atoms with Gasteiger partial charge in [0.1, 0.15) is 0 Å². The molecule has 31 heavy (non-hydrogen) atoms. The molecule has 0 atom stereocenters. The minimum atomic E-state index is -3.57. The van der Waals surface area contributed by atoms with E-state index in [9.17, 15) is 13.2 Å². The van der Waals surface area contributed by atoms with Crippen LogP contribution in [0.15, 0.2) is 64.0 Å². The number of rotatable bonds is 6. The molecule has 4 rings (SSSR count). The molecule has 3 heterocycles. The van der Waals surface area contributed by atoms with Gasteiger partial charge in [-0.2, -0.15) is 4.31 Å². The van der Waals surface area contributed by atoms with Crippen LogP contribution >= 0.6 is 23.1 Å². The fourth-order valence-corrected chi connectivity index (χ4v) is 6.84. The number of hydrogen-bond acceptors (Lipinski definition) is 7. The summed E-state index contributed by atoms with van der Waals surface area (Å²) >= 11 is 2.78. The highest BCUT2D eigenvalue weighted by Gasteiger charge is 2.33. The van der Waals surface area contributed by atoms with Gasteiger partial charge in [0, 0.05) is 47.2 Å². The smallest absolute Gasteiger partial charge is 0.244 e. The van der Waals surface area contributed by atoms with E-state index in [1.165, 1.54) is 27.4 Å². The van der Waals surface area contributed by atoms with E-state index in [4.69, 9.17) is 0 Å². The van der Waals surface area contributed by atoms with Crippen LogP contribution in [0, 0.1) is 5.92 Å². The van der Waals surface area contributed by atoms with Crippen LogP contribution in [0.3, 0.4) is 0 Å². The summed E-state index contributed by atoms with van der Waals surface area (Å²) in [6.45, 7) is 0.645. The van der Waals surface area contributed by atoms with Crippen LogP contribution in [-0.2, 0) is 14.8 Å². The Bertz CT molecular complexity index is 1160. The van der Waals surface area contributed by atoms with Crippen LogP contribution < -0.4 is 5.32 Å². The van der Waals surface area contributed by atoms with Gasteiger partial charge in [0.25, 0.3) is 0 Å². The second kappa shape index (κ2) is 9.47. The van der Waals surface area contributed by atoms with Gasteiger partial charge in [-0.05, 0) is 43.4 Å². The van der Waals surface area contributed by atoms with Gasteiger partial charge >= 0.3 is 0 Å². The molecule has 1 fully saturated rings. The monoisotopic (exact) mass is 474 g/mol. The Kier molecular flexibility index (Phi) is 6.71. The van der Waals surface area contributed by atoms with Gasteiger partial charge in [-0.25, -0.2) is 13.4 Å². The van der Waals surface area contributed by atoms with Crippen molar-refractivity contribution in [1.29, 1.82) is 0 Å². The normalized spacial score (nSPS) is 15.6. The summed E-state index contributed by atoms with van der Waals surface area (Å²) in [5, 5.41) is 5.32. The summed E-state index contributed by atoms with van der Waals surface area (Å²) in [7, 11) is -3.57. The first kappa shape index (κ1) is 21.9. The number of carbonyl (C=O) groups excluding carboxylic acids is 1. The van der Waals surface area contributed by atoms with E-state index in [2.05, 4.69) is 15.3 Å². The Balaban J connectivity index is 1.38. The summed E-state index contributed by atoms with van der Waals surface area (Å²) in [5.41, 5.74) is 1.73. The molecule has 2 aromatic heterocycles. The van der Waals surface area contributed by atoms with Gasteiger partial charge in [0.05, 0.1) is 10.6 Å². The van der Waals surface area contributed by atoms with Crippen molar-refractivity contribution >= 4 is 44.2 Å². The first-order valence-electron chi connectivity index (χ1n) is 9.79. The minimum absolute atomic E-state index is 0.114. The van der Waals surface area contributed by atoms with E-state index in [1.807, 2.05) is 35.9 Å². The van der Waals surface area contributed by atoms with Crippen LogP contribution in [0.4, 0.5) is 5.13 Å². The Morgan fingerprint density at radius 3 is 2.58 bits per heavy atom.